The van der Waals surface area contributed by atoms with Crippen molar-refractivity contribution in [3.05, 3.63) is 35.9 Å². The van der Waals surface area contributed by atoms with Gasteiger partial charge in [-0.3, -0.25) is 4.99 Å². The second-order valence-electron chi connectivity index (χ2n) is 4.74. The molecule has 0 radical (unpaired) electrons. The van der Waals surface area contributed by atoms with Gasteiger partial charge < -0.3 is 9.47 Å². The van der Waals surface area contributed by atoms with Gasteiger partial charge in [-0.25, -0.2) is 0 Å². The van der Waals surface area contributed by atoms with Gasteiger partial charge in [0.05, 0.1) is 18.1 Å². The van der Waals surface area contributed by atoms with Crippen LogP contribution in [0.15, 0.2) is 35.3 Å². The molecule has 1 aromatic carbocycles. The van der Waals surface area contributed by atoms with Gasteiger partial charge >= 0.3 is 0 Å². The summed E-state index contributed by atoms with van der Waals surface area (Å²) in [6.45, 7) is 6.72. The quantitative estimate of drug-likeness (QED) is 0.245. The predicted molar refractivity (Wildman–Crippen MR) is 101 cm³/mol. The zero-order valence-electron chi connectivity index (χ0n) is 13.3. The molecule has 122 valence electrons. The van der Waals surface area contributed by atoms with Gasteiger partial charge in [0.15, 0.2) is 0 Å². The molecule has 0 aliphatic heterocycles. The Kier molecular flexibility index (Phi) is 10.5. The third-order valence-corrected chi connectivity index (χ3v) is 3.86. The summed E-state index contributed by atoms with van der Waals surface area (Å²) in [5, 5.41) is 0.858. The number of alkyl halides is 1. The zero-order valence-corrected chi connectivity index (χ0v) is 15.7. The molecule has 0 saturated heterocycles. The minimum atomic E-state index is -0.220. The Balaban J connectivity index is 2.64. The fourth-order valence-electron chi connectivity index (χ4n) is 1.97. The summed E-state index contributed by atoms with van der Waals surface area (Å²) in [6, 6.07) is 10.1. The van der Waals surface area contributed by atoms with Crippen LogP contribution in [0.3, 0.4) is 0 Å². The molecule has 0 aliphatic carbocycles. The Morgan fingerprint density at radius 3 is 2.59 bits per heavy atom. The van der Waals surface area contributed by atoms with Crippen molar-refractivity contribution in [3.63, 3.8) is 0 Å². The minimum absolute atomic E-state index is 0.220. The summed E-state index contributed by atoms with van der Waals surface area (Å²) < 4.78 is 11.5. The molecule has 0 bridgehead atoms. The van der Waals surface area contributed by atoms with Crippen LogP contribution < -0.4 is 0 Å². The number of thiocarbonyl (C=S) groups is 1. The molecule has 3 nitrogen and oxygen atoms in total. The Hall–Kier alpha value is -0.620. The molecule has 0 heterocycles. The lowest BCUT2D eigenvalue weighted by molar-refractivity contribution is 0.0691. The van der Waals surface area contributed by atoms with Crippen molar-refractivity contribution in [2.24, 2.45) is 4.99 Å². The van der Waals surface area contributed by atoms with Crippen LogP contribution in [0.25, 0.3) is 0 Å². The Bertz CT molecular complexity index is 465. The minimum Gasteiger partial charge on any atom is -0.380 e. The molecule has 1 rings (SSSR count). The van der Waals surface area contributed by atoms with E-state index in [-0.39, 0.29) is 6.10 Å². The average Bonchev–Trinajstić information content (AvgIpc) is 2.55. The van der Waals surface area contributed by atoms with Crippen molar-refractivity contribution in [1.82, 2.24) is 0 Å². The standard InChI is InChI=1S/C17H24BrNO2S/c1-3-19-14(2)17(22)16(15-8-5-4-6-9-15)21-12-7-11-20-13-10-18/h4-6,8-9,16H,3,7,10-13H2,1-2H3. The number of hydrogen-bond acceptors (Lipinski definition) is 4. The normalized spacial score (nSPS) is 13.1. The van der Waals surface area contributed by atoms with Gasteiger partial charge in [0.25, 0.3) is 0 Å². The van der Waals surface area contributed by atoms with E-state index >= 15 is 0 Å². The molecule has 0 fully saturated rings. The third kappa shape index (κ3) is 7.09. The molecular formula is C17H24BrNO2S. The summed E-state index contributed by atoms with van der Waals surface area (Å²) in [4.78, 5) is 5.16. The number of rotatable bonds is 11. The molecule has 0 amide bonds. The van der Waals surface area contributed by atoms with Gasteiger partial charge in [-0.15, -0.1) is 0 Å². The summed E-state index contributed by atoms with van der Waals surface area (Å²) >= 11 is 8.91. The monoisotopic (exact) mass is 385 g/mol. The van der Waals surface area contributed by atoms with E-state index in [1.54, 1.807) is 0 Å². The second-order valence-corrected chi connectivity index (χ2v) is 5.97. The van der Waals surface area contributed by atoms with Crippen molar-refractivity contribution in [2.75, 3.05) is 31.7 Å². The predicted octanol–water partition coefficient (Wildman–Crippen LogP) is 4.40. The van der Waals surface area contributed by atoms with Gasteiger partial charge in [-0.1, -0.05) is 58.5 Å². The maximum atomic E-state index is 6.02. The first-order chi connectivity index (χ1) is 10.7. The zero-order chi connectivity index (χ0) is 16.2. The SMILES string of the molecule is CCN=C(C)C(=S)C(OCCCOCCBr)c1ccccc1. The lowest BCUT2D eigenvalue weighted by atomic mass is 10.0. The van der Waals surface area contributed by atoms with E-state index < -0.39 is 0 Å². The van der Waals surface area contributed by atoms with E-state index in [4.69, 9.17) is 21.7 Å². The smallest absolute Gasteiger partial charge is 0.119 e. The number of ether oxygens (including phenoxy) is 2. The van der Waals surface area contributed by atoms with E-state index in [0.29, 0.717) is 13.2 Å². The van der Waals surface area contributed by atoms with E-state index in [9.17, 15) is 0 Å². The van der Waals surface area contributed by atoms with Gasteiger partial charge in [0.2, 0.25) is 0 Å². The molecule has 0 aliphatic rings. The first kappa shape index (κ1) is 19.4. The van der Waals surface area contributed by atoms with Gasteiger partial charge in [-0.05, 0) is 25.8 Å². The van der Waals surface area contributed by atoms with Crippen LogP contribution >= 0.6 is 28.1 Å². The topological polar surface area (TPSA) is 30.8 Å². The highest BCUT2D eigenvalue weighted by Gasteiger charge is 2.19. The first-order valence-electron chi connectivity index (χ1n) is 7.56. The molecule has 1 aromatic rings. The third-order valence-electron chi connectivity index (χ3n) is 3.03. The number of aliphatic imine (C=N–C) groups is 1. The Morgan fingerprint density at radius 2 is 1.95 bits per heavy atom. The maximum Gasteiger partial charge on any atom is 0.119 e. The molecule has 1 unspecified atom stereocenters. The molecule has 0 N–H and O–H groups in total. The first-order valence-corrected chi connectivity index (χ1v) is 9.09. The number of benzene rings is 1. The summed E-state index contributed by atoms with van der Waals surface area (Å²) in [6.07, 6.45) is 0.630. The van der Waals surface area contributed by atoms with Crippen LogP contribution in [0.1, 0.15) is 31.9 Å². The Morgan fingerprint density at radius 1 is 1.23 bits per heavy atom. The van der Waals surface area contributed by atoms with E-state index in [0.717, 1.165) is 41.0 Å². The fraction of sp³-hybridized carbons (Fsp3) is 0.529. The lowest BCUT2D eigenvalue weighted by Crippen LogP contribution is -2.22. The molecular weight excluding hydrogens is 362 g/mol. The summed E-state index contributed by atoms with van der Waals surface area (Å²) in [7, 11) is 0. The average molecular weight is 386 g/mol. The molecule has 1 atom stereocenters. The fourth-order valence-corrected chi connectivity index (χ4v) is 2.47. The van der Waals surface area contributed by atoms with E-state index in [1.807, 2.05) is 44.2 Å². The van der Waals surface area contributed by atoms with Gasteiger partial charge in [0, 0.05) is 24.2 Å². The second kappa shape index (κ2) is 11.9. The van der Waals surface area contributed by atoms with Crippen LogP contribution in [0.5, 0.6) is 0 Å². The van der Waals surface area contributed by atoms with Crippen molar-refractivity contribution in [2.45, 2.75) is 26.4 Å². The molecule has 0 spiro atoms. The van der Waals surface area contributed by atoms with E-state index in [1.165, 1.54) is 0 Å². The van der Waals surface area contributed by atoms with Crippen molar-refractivity contribution in [1.29, 1.82) is 0 Å². The largest absolute Gasteiger partial charge is 0.380 e. The number of nitrogens with zero attached hydrogens (tertiary/aromatic N) is 1. The number of halogens is 1. The van der Waals surface area contributed by atoms with Crippen molar-refractivity contribution < 1.29 is 9.47 Å². The highest BCUT2D eigenvalue weighted by Crippen LogP contribution is 2.20. The van der Waals surface area contributed by atoms with Gasteiger partial charge in [-0.2, -0.15) is 0 Å². The van der Waals surface area contributed by atoms with Crippen LogP contribution in [-0.2, 0) is 9.47 Å². The van der Waals surface area contributed by atoms with Crippen LogP contribution in [0, 0.1) is 0 Å². The lowest BCUT2D eigenvalue weighted by Gasteiger charge is -2.19. The maximum absolute atomic E-state index is 6.02. The van der Waals surface area contributed by atoms with Crippen LogP contribution in [0.2, 0.25) is 0 Å². The number of hydrogen-bond donors (Lipinski definition) is 0. The summed E-state index contributed by atoms with van der Waals surface area (Å²) in [5.74, 6) is 0. The highest BCUT2D eigenvalue weighted by molar-refractivity contribution is 9.09. The molecule has 0 aromatic heterocycles. The molecule has 22 heavy (non-hydrogen) atoms. The van der Waals surface area contributed by atoms with Crippen molar-refractivity contribution >= 4 is 38.7 Å². The highest BCUT2D eigenvalue weighted by atomic mass is 79.9. The molecule has 5 heteroatoms. The summed E-state index contributed by atoms with van der Waals surface area (Å²) in [5.41, 5.74) is 1.95. The van der Waals surface area contributed by atoms with Gasteiger partial charge in [0.1, 0.15) is 6.10 Å². The van der Waals surface area contributed by atoms with E-state index in [2.05, 4.69) is 20.9 Å². The Labute approximate surface area is 147 Å². The van der Waals surface area contributed by atoms with Crippen LogP contribution in [0.4, 0.5) is 0 Å². The van der Waals surface area contributed by atoms with Crippen molar-refractivity contribution in [3.8, 4) is 0 Å². The molecule has 0 saturated carbocycles. The van der Waals surface area contributed by atoms with Crippen LogP contribution in [-0.4, -0.2) is 42.3 Å².